The van der Waals surface area contributed by atoms with Gasteiger partial charge in [0.15, 0.2) is 0 Å². The molecule has 0 aliphatic heterocycles. The van der Waals surface area contributed by atoms with Crippen LogP contribution in [-0.2, 0) is 20.2 Å². The minimum Gasteiger partial charge on any atom is -0.387 e. The smallest absolute Gasteiger partial charge is 0.297 e. The number of hydrogen-bond acceptors (Lipinski definition) is 5. The first-order valence-electron chi connectivity index (χ1n) is 3.85. The second-order valence-corrected chi connectivity index (χ2v) is 5.51. The maximum Gasteiger partial charge on any atom is 0.297 e. The van der Waals surface area contributed by atoms with Crippen LogP contribution in [0.5, 0.6) is 0 Å². The van der Waals surface area contributed by atoms with Crippen molar-refractivity contribution in [1.29, 1.82) is 0 Å². The third-order valence-corrected chi connectivity index (χ3v) is 3.32. The van der Waals surface area contributed by atoms with E-state index in [9.17, 15) is 16.8 Å². The molecule has 89 valence electrons. The average Bonchev–Trinajstić information content (AvgIpc) is 2.14. The van der Waals surface area contributed by atoms with Crippen LogP contribution in [0.4, 0.5) is 5.69 Å². The maximum absolute atomic E-state index is 10.9. The van der Waals surface area contributed by atoms with Crippen LogP contribution < -0.4 is 5.32 Å². The molecule has 1 rings (SSSR count). The Labute approximate surface area is 92.6 Å². The first kappa shape index (κ1) is 12.9. The molecule has 1 aromatic carbocycles. The van der Waals surface area contributed by atoms with Gasteiger partial charge in [-0.05, 0) is 12.1 Å². The van der Waals surface area contributed by atoms with E-state index in [1.165, 1.54) is 7.05 Å². The molecule has 1 aromatic rings. The number of rotatable bonds is 3. The third kappa shape index (κ3) is 2.70. The highest BCUT2D eigenvalue weighted by atomic mass is 32.2. The van der Waals surface area contributed by atoms with Gasteiger partial charge in [-0.25, -0.2) is 0 Å². The molecule has 0 atom stereocenters. The molecule has 0 aromatic heterocycles. The van der Waals surface area contributed by atoms with E-state index < -0.39 is 30.0 Å². The summed E-state index contributed by atoms with van der Waals surface area (Å²) in [6.45, 7) is 0. The Morgan fingerprint density at radius 2 is 1.69 bits per heavy atom. The Morgan fingerprint density at radius 3 is 2.06 bits per heavy atom. The van der Waals surface area contributed by atoms with E-state index >= 15 is 0 Å². The van der Waals surface area contributed by atoms with Gasteiger partial charge in [-0.3, -0.25) is 9.11 Å². The Hall–Kier alpha value is -1.16. The van der Waals surface area contributed by atoms with Crippen molar-refractivity contribution in [2.75, 3.05) is 12.4 Å². The summed E-state index contributed by atoms with van der Waals surface area (Å²) in [6.07, 6.45) is 0. The molecule has 0 amide bonds. The summed E-state index contributed by atoms with van der Waals surface area (Å²) in [5.41, 5.74) is -0.0325. The standard InChI is InChI=1S/C7H8NO6S2/c1-8-6-3-2-5(15(9,10)11)4-7(6)16(12,13)14/h2-3,8H,1H3,(H,9,10,11)(H,12,13,14). The molecule has 0 spiro atoms. The average molecular weight is 266 g/mol. The van der Waals surface area contributed by atoms with Crippen molar-refractivity contribution < 1.29 is 25.9 Å². The summed E-state index contributed by atoms with van der Waals surface area (Å²) in [4.78, 5) is -1.48. The molecule has 0 fully saturated rings. The van der Waals surface area contributed by atoms with Gasteiger partial charge >= 0.3 is 0 Å². The fourth-order valence-electron chi connectivity index (χ4n) is 1.01. The molecule has 16 heavy (non-hydrogen) atoms. The molecule has 0 unspecified atom stereocenters. The fraction of sp³-hybridized carbons (Fsp3) is 0.143. The Bertz CT molecular complexity index is 604. The molecule has 0 bridgehead atoms. The zero-order valence-electron chi connectivity index (χ0n) is 8.00. The van der Waals surface area contributed by atoms with Gasteiger partial charge in [-0.1, -0.05) is 0 Å². The maximum atomic E-state index is 10.9. The lowest BCUT2D eigenvalue weighted by atomic mass is 10.3. The van der Waals surface area contributed by atoms with Crippen molar-refractivity contribution in [2.45, 2.75) is 9.79 Å². The second kappa shape index (κ2) is 4.01. The molecule has 0 saturated heterocycles. The van der Waals surface area contributed by atoms with E-state index in [1.54, 1.807) is 0 Å². The quantitative estimate of drug-likeness (QED) is 0.659. The molecule has 9 heteroatoms. The van der Waals surface area contributed by atoms with Crippen LogP contribution in [0.2, 0.25) is 0 Å². The molecule has 7 nitrogen and oxygen atoms in total. The van der Waals surface area contributed by atoms with Crippen LogP contribution in [0.1, 0.15) is 0 Å². The Morgan fingerprint density at radius 1 is 1.12 bits per heavy atom. The van der Waals surface area contributed by atoms with E-state index in [1.807, 2.05) is 6.07 Å². The van der Waals surface area contributed by atoms with Gasteiger partial charge < -0.3 is 5.32 Å². The van der Waals surface area contributed by atoms with Gasteiger partial charge in [0.2, 0.25) is 0 Å². The van der Waals surface area contributed by atoms with E-state index in [-0.39, 0.29) is 5.69 Å². The van der Waals surface area contributed by atoms with Crippen molar-refractivity contribution in [3.05, 3.63) is 18.2 Å². The summed E-state index contributed by atoms with van der Waals surface area (Å²) >= 11 is 0. The van der Waals surface area contributed by atoms with Crippen LogP contribution in [-0.4, -0.2) is 33.0 Å². The summed E-state index contributed by atoms with van der Waals surface area (Å²) in [7, 11) is -7.81. The summed E-state index contributed by atoms with van der Waals surface area (Å²) in [6, 6.07) is 3.95. The first-order valence-corrected chi connectivity index (χ1v) is 6.73. The van der Waals surface area contributed by atoms with Crippen LogP contribution in [0, 0.1) is 6.07 Å². The fourth-order valence-corrected chi connectivity index (χ4v) is 2.23. The summed E-state index contributed by atoms with van der Waals surface area (Å²) < 4.78 is 60.8. The van der Waals surface area contributed by atoms with Crippen LogP contribution in [0.15, 0.2) is 21.9 Å². The molecule has 1 radical (unpaired) electrons. The number of anilines is 1. The monoisotopic (exact) mass is 266 g/mol. The Kier molecular flexibility index (Phi) is 3.24. The van der Waals surface area contributed by atoms with E-state index in [0.29, 0.717) is 0 Å². The lowest BCUT2D eigenvalue weighted by Crippen LogP contribution is -2.07. The predicted molar refractivity (Wildman–Crippen MR) is 54.5 cm³/mol. The zero-order valence-corrected chi connectivity index (χ0v) is 9.63. The molecule has 3 N–H and O–H groups in total. The predicted octanol–water partition coefficient (Wildman–Crippen LogP) is 0.0219. The van der Waals surface area contributed by atoms with Crippen LogP contribution >= 0.6 is 0 Å². The lowest BCUT2D eigenvalue weighted by molar-refractivity contribution is 0.481. The van der Waals surface area contributed by atoms with Crippen LogP contribution in [0.3, 0.4) is 0 Å². The van der Waals surface area contributed by atoms with Gasteiger partial charge in [0.25, 0.3) is 20.2 Å². The third-order valence-electron chi connectivity index (χ3n) is 1.69. The van der Waals surface area contributed by atoms with E-state index in [0.717, 1.165) is 12.1 Å². The van der Waals surface area contributed by atoms with Crippen molar-refractivity contribution in [3.8, 4) is 0 Å². The summed E-state index contributed by atoms with van der Waals surface area (Å²) in [5.74, 6) is 0. The van der Waals surface area contributed by atoms with Gasteiger partial charge in [0.05, 0.1) is 5.69 Å². The Balaban J connectivity index is 3.58. The number of nitrogens with one attached hydrogen (secondary N) is 1. The minimum absolute atomic E-state index is 0.0325. The van der Waals surface area contributed by atoms with Crippen molar-refractivity contribution >= 4 is 25.9 Å². The first-order chi connectivity index (χ1) is 7.16. The highest BCUT2D eigenvalue weighted by Crippen LogP contribution is 2.23. The summed E-state index contributed by atoms with van der Waals surface area (Å²) in [5, 5.41) is 2.43. The minimum atomic E-state index is -4.62. The van der Waals surface area contributed by atoms with Crippen molar-refractivity contribution in [1.82, 2.24) is 0 Å². The molecular formula is C7H8NO6S2. The zero-order chi connectivity index (χ0) is 12.6. The van der Waals surface area contributed by atoms with Crippen molar-refractivity contribution in [3.63, 3.8) is 0 Å². The highest BCUT2D eigenvalue weighted by Gasteiger charge is 2.20. The van der Waals surface area contributed by atoms with Gasteiger partial charge in [0.1, 0.15) is 9.79 Å². The number of hydrogen-bond donors (Lipinski definition) is 3. The van der Waals surface area contributed by atoms with Gasteiger partial charge in [-0.2, -0.15) is 16.8 Å². The lowest BCUT2D eigenvalue weighted by Gasteiger charge is -2.06. The highest BCUT2D eigenvalue weighted by molar-refractivity contribution is 7.86. The van der Waals surface area contributed by atoms with E-state index in [2.05, 4.69) is 5.32 Å². The largest absolute Gasteiger partial charge is 0.387 e. The normalized spacial score (nSPS) is 12.4. The SMILES string of the molecule is CNc1ccc(S(=O)(=O)O)[c]c1S(=O)(=O)O. The van der Waals surface area contributed by atoms with E-state index in [4.69, 9.17) is 9.11 Å². The molecule has 0 aliphatic rings. The topological polar surface area (TPSA) is 121 Å². The molecule has 0 aliphatic carbocycles. The molecular weight excluding hydrogens is 258 g/mol. The van der Waals surface area contributed by atoms with Gasteiger partial charge in [-0.15, -0.1) is 0 Å². The number of benzene rings is 1. The molecule has 0 saturated carbocycles. The van der Waals surface area contributed by atoms with Gasteiger partial charge in [0, 0.05) is 13.1 Å². The van der Waals surface area contributed by atoms with Crippen molar-refractivity contribution in [2.24, 2.45) is 0 Å². The van der Waals surface area contributed by atoms with Crippen LogP contribution in [0.25, 0.3) is 0 Å². The second-order valence-electron chi connectivity index (χ2n) is 2.77. The molecule has 0 heterocycles.